The first kappa shape index (κ1) is 31.5. The minimum absolute atomic E-state index is 0.137. The van der Waals surface area contributed by atoms with Crippen LogP contribution in [-0.4, -0.2) is 42.1 Å². The van der Waals surface area contributed by atoms with Crippen LogP contribution in [0.2, 0.25) is 0 Å². The molecule has 212 valence electrons. The molecule has 0 heterocycles. The van der Waals surface area contributed by atoms with Crippen molar-refractivity contribution in [1.82, 2.24) is 18.9 Å². The molecule has 0 spiro atoms. The van der Waals surface area contributed by atoms with E-state index in [1.807, 2.05) is 0 Å². The van der Waals surface area contributed by atoms with Gasteiger partial charge >= 0.3 is 32.6 Å². The third-order valence-corrected chi connectivity index (χ3v) is 7.21. The number of benzene rings is 2. The molecule has 2 aromatic carbocycles. The SMILES string of the molecule is C=CCC(CC=C)(CNS(=O)(=O)NC(=O)OCc1ccccc1)CNS(=O)(=O)NC(=O)OCc1ccccc1. The van der Waals surface area contributed by atoms with Gasteiger partial charge in [0, 0.05) is 18.5 Å². The first-order chi connectivity index (χ1) is 18.5. The summed E-state index contributed by atoms with van der Waals surface area (Å²) >= 11 is 0. The predicted molar refractivity (Wildman–Crippen MR) is 145 cm³/mol. The molecule has 4 N–H and O–H groups in total. The van der Waals surface area contributed by atoms with Crippen molar-refractivity contribution in [2.24, 2.45) is 5.41 Å². The van der Waals surface area contributed by atoms with Crippen molar-refractivity contribution in [3.05, 3.63) is 97.1 Å². The van der Waals surface area contributed by atoms with Gasteiger partial charge in [0.15, 0.2) is 0 Å². The van der Waals surface area contributed by atoms with Crippen molar-refractivity contribution in [2.45, 2.75) is 26.1 Å². The van der Waals surface area contributed by atoms with Gasteiger partial charge in [0.1, 0.15) is 13.2 Å². The summed E-state index contributed by atoms with van der Waals surface area (Å²) in [5.41, 5.74) is 0.257. The average Bonchev–Trinajstić information content (AvgIpc) is 2.90. The first-order valence-electron chi connectivity index (χ1n) is 11.7. The van der Waals surface area contributed by atoms with E-state index in [-0.39, 0.29) is 39.1 Å². The molecule has 14 heteroatoms. The average molecular weight is 581 g/mol. The fourth-order valence-corrected chi connectivity index (χ4v) is 5.03. The zero-order chi connectivity index (χ0) is 28.8. The summed E-state index contributed by atoms with van der Waals surface area (Å²) in [5.74, 6) is 0. The minimum atomic E-state index is -4.37. The summed E-state index contributed by atoms with van der Waals surface area (Å²) in [4.78, 5) is 24.0. The lowest BCUT2D eigenvalue weighted by molar-refractivity contribution is 0.145. The molecular formula is C25H32N4O8S2. The quantitative estimate of drug-likeness (QED) is 0.220. The maximum absolute atomic E-state index is 12.5. The summed E-state index contributed by atoms with van der Waals surface area (Å²) in [5, 5.41) is 0. The third kappa shape index (κ3) is 12.1. The second-order valence-corrected chi connectivity index (χ2v) is 11.5. The number of hydrogen-bond acceptors (Lipinski definition) is 8. The van der Waals surface area contributed by atoms with Gasteiger partial charge in [0.05, 0.1) is 0 Å². The minimum Gasteiger partial charge on any atom is -0.444 e. The Bertz CT molecular complexity index is 1210. The molecule has 0 fully saturated rings. The second kappa shape index (κ2) is 15.0. The Kier molecular flexibility index (Phi) is 12.1. The molecule has 0 atom stereocenters. The van der Waals surface area contributed by atoms with Crippen LogP contribution in [0.5, 0.6) is 0 Å². The van der Waals surface area contributed by atoms with E-state index in [1.54, 1.807) is 70.1 Å². The Labute approximate surface area is 228 Å². The Hall–Kier alpha value is -3.72. The lowest BCUT2D eigenvalue weighted by atomic mass is 9.81. The van der Waals surface area contributed by atoms with Crippen LogP contribution in [0.1, 0.15) is 24.0 Å². The molecule has 0 unspecified atom stereocenters. The molecule has 2 aromatic rings. The Morgan fingerprint density at radius 2 is 1.05 bits per heavy atom. The molecule has 0 radical (unpaired) electrons. The second-order valence-electron chi connectivity index (χ2n) is 8.46. The van der Waals surface area contributed by atoms with Crippen molar-refractivity contribution in [1.29, 1.82) is 0 Å². The number of ether oxygens (including phenoxy) is 2. The monoisotopic (exact) mass is 580 g/mol. The van der Waals surface area contributed by atoms with E-state index >= 15 is 0 Å². The van der Waals surface area contributed by atoms with E-state index in [9.17, 15) is 26.4 Å². The number of carbonyl (C=O) groups excluding carboxylic acids is 2. The van der Waals surface area contributed by atoms with Crippen molar-refractivity contribution < 1.29 is 35.9 Å². The third-order valence-electron chi connectivity index (χ3n) is 5.29. The summed E-state index contributed by atoms with van der Waals surface area (Å²) in [6, 6.07) is 17.4. The van der Waals surface area contributed by atoms with E-state index < -0.39 is 38.0 Å². The summed E-state index contributed by atoms with van der Waals surface area (Å²) in [6.45, 7) is 6.40. The van der Waals surface area contributed by atoms with Crippen molar-refractivity contribution >= 4 is 32.6 Å². The number of allylic oxidation sites excluding steroid dienone is 2. The van der Waals surface area contributed by atoms with Crippen LogP contribution in [0.4, 0.5) is 9.59 Å². The summed E-state index contributed by atoms with van der Waals surface area (Å²) in [7, 11) is -8.74. The van der Waals surface area contributed by atoms with Crippen LogP contribution in [-0.2, 0) is 43.1 Å². The normalized spacial score (nSPS) is 11.7. The number of carbonyl (C=O) groups is 2. The Morgan fingerprint density at radius 3 is 1.38 bits per heavy atom. The number of amides is 2. The fourth-order valence-electron chi connectivity index (χ4n) is 3.34. The zero-order valence-corrected chi connectivity index (χ0v) is 22.8. The highest BCUT2D eigenvalue weighted by molar-refractivity contribution is 7.88. The lowest BCUT2D eigenvalue weighted by Crippen LogP contribution is -2.50. The number of hydrogen-bond donors (Lipinski definition) is 4. The standard InChI is InChI=1S/C25H32N4O8S2/c1-3-15-25(16-4-2,19-26-38(32,33)28-23(30)36-17-21-11-7-5-8-12-21)20-27-39(34,35)29-24(31)37-18-22-13-9-6-10-14-22/h3-14,26-27H,1-2,15-20H2,(H,28,30)(H,29,31). The van der Waals surface area contributed by atoms with Gasteiger partial charge in [-0.05, 0) is 24.0 Å². The first-order valence-corrected chi connectivity index (χ1v) is 14.6. The van der Waals surface area contributed by atoms with Gasteiger partial charge in [-0.25, -0.2) is 19.0 Å². The lowest BCUT2D eigenvalue weighted by Gasteiger charge is -2.32. The molecule has 0 aromatic heterocycles. The van der Waals surface area contributed by atoms with Crippen LogP contribution in [0.25, 0.3) is 0 Å². The summed E-state index contributed by atoms with van der Waals surface area (Å²) in [6.07, 6.45) is 0.887. The van der Waals surface area contributed by atoms with E-state index in [1.165, 1.54) is 12.2 Å². The Morgan fingerprint density at radius 1 is 0.692 bits per heavy atom. The van der Waals surface area contributed by atoms with E-state index in [0.29, 0.717) is 11.1 Å². The number of rotatable bonds is 16. The molecule has 12 nitrogen and oxygen atoms in total. The highest BCUT2D eigenvalue weighted by Crippen LogP contribution is 2.27. The van der Waals surface area contributed by atoms with Crippen LogP contribution >= 0.6 is 0 Å². The van der Waals surface area contributed by atoms with E-state index in [0.717, 1.165) is 0 Å². The molecule has 39 heavy (non-hydrogen) atoms. The molecule has 2 rings (SSSR count). The molecule has 2 amide bonds. The van der Waals surface area contributed by atoms with Gasteiger partial charge in [0.2, 0.25) is 0 Å². The van der Waals surface area contributed by atoms with Crippen LogP contribution in [0.15, 0.2) is 86.0 Å². The molecule has 0 aliphatic carbocycles. The van der Waals surface area contributed by atoms with Crippen LogP contribution in [0.3, 0.4) is 0 Å². The molecule has 0 aliphatic heterocycles. The molecule has 0 aliphatic rings. The smallest absolute Gasteiger partial charge is 0.422 e. The van der Waals surface area contributed by atoms with Crippen molar-refractivity contribution in [3.63, 3.8) is 0 Å². The van der Waals surface area contributed by atoms with Gasteiger partial charge in [-0.3, -0.25) is 0 Å². The van der Waals surface area contributed by atoms with E-state index in [2.05, 4.69) is 22.6 Å². The van der Waals surface area contributed by atoms with Gasteiger partial charge in [0.25, 0.3) is 0 Å². The largest absolute Gasteiger partial charge is 0.444 e. The van der Waals surface area contributed by atoms with Gasteiger partial charge in [-0.15, -0.1) is 13.2 Å². The maximum atomic E-state index is 12.5. The zero-order valence-electron chi connectivity index (χ0n) is 21.2. The highest BCUT2D eigenvalue weighted by atomic mass is 32.2. The van der Waals surface area contributed by atoms with Crippen LogP contribution in [0, 0.1) is 5.41 Å². The summed E-state index contributed by atoms with van der Waals surface area (Å²) < 4.78 is 67.6. The maximum Gasteiger partial charge on any atom is 0.422 e. The number of nitrogens with one attached hydrogen (secondary N) is 4. The highest BCUT2D eigenvalue weighted by Gasteiger charge is 2.32. The molecule has 0 bridgehead atoms. The van der Waals surface area contributed by atoms with Gasteiger partial charge < -0.3 is 9.47 Å². The van der Waals surface area contributed by atoms with Crippen molar-refractivity contribution in [3.8, 4) is 0 Å². The molecule has 0 saturated heterocycles. The van der Waals surface area contributed by atoms with Gasteiger partial charge in [-0.2, -0.15) is 26.3 Å². The fraction of sp³-hybridized carbons (Fsp3) is 0.280. The van der Waals surface area contributed by atoms with Crippen LogP contribution < -0.4 is 18.9 Å². The Balaban J connectivity index is 1.95. The van der Waals surface area contributed by atoms with Crippen molar-refractivity contribution in [2.75, 3.05) is 13.1 Å². The molecular weight excluding hydrogens is 548 g/mol. The molecule has 0 saturated carbocycles. The predicted octanol–water partition coefficient (Wildman–Crippen LogP) is 2.65. The van der Waals surface area contributed by atoms with E-state index in [4.69, 9.17) is 9.47 Å². The topological polar surface area (TPSA) is 169 Å². The van der Waals surface area contributed by atoms with Gasteiger partial charge in [-0.1, -0.05) is 72.8 Å².